The molecule has 6 aliphatic carbocycles. The molecule has 4 saturated carbocycles. The minimum atomic E-state index is -1.23. The van der Waals surface area contributed by atoms with Crippen LogP contribution in [0.5, 0.6) is 0 Å². The van der Waals surface area contributed by atoms with Crippen molar-refractivity contribution in [2.24, 2.45) is 50.7 Å². The molecule has 53 heavy (non-hydrogen) atoms. The van der Waals surface area contributed by atoms with Crippen LogP contribution in [0.2, 0.25) is 0 Å². The first-order chi connectivity index (χ1) is 25.0. The number of carboxylic acids is 1. The Morgan fingerprint density at radius 1 is 0.849 bits per heavy atom. The summed E-state index contributed by atoms with van der Waals surface area (Å²) < 4.78 is 13.9. The smallest absolute Gasteiger partial charge is 0.312 e. The van der Waals surface area contributed by atoms with Gasteiger partial charge < -0.3 is 20.1 Å². The lowest BCUT2D eigenvalue weighted by molar-refractivity contribution is -0.218. The Labute approximate surface area is 324 Å². The number of nitrogens with zero attached hydrogens (tertiary/aromatic N) is 1. The molecule has 0 heterocycles. The molecule has 4 fully saturated rings. The largest absolute Gasteiger partial charge is 0.481 e. The van der Waals surface area contributed by atoms with Crippen LogP contribution in [0.15, 0.2) is 35.5 Å². The molecule has 5 unspecified atom stereocenters. The van der Waals surface area contributed by atoms with Crippen molar-refractivity contribution in [3.63, 3.8) is 0 Å². The Hall–Kier alpha value is -1.79. The zero-order chi connectivity index (χ0) is 39.5. The molecule has 6 aliphatic rings. The molecule has 0 aromatic rings. The molecule has 0 bridgehead atoms. The fraction of sp³-hybridized carbons (Fsp3) is 0.830. The first-order valence-corrected chi connectivity index (χ1v) is 21.6. The van der Waals surface area contributed by atoms with Crippen LogP contribution >= 0.6 is 0 Å². The van der Waals surface area contributed by atoms with Gasteiger partial charge in [0.15, 0.2) is 0 Å². The predicted octanol–water partition coefficient (Wildman–Crippen LogP) is 11.4. The van der Waals surface area contributed by atoms with Gasteiger partial charge in [0, 0.05) is 18.6 Å². The van der Waals surface area contributed by atoms with Crippen molar-refractivity contribution < 1.29 is 19.1 Å². The number of carboxylic acid groups (broad SMARTS) is 1. The van der Waals surface area contributed by atoms with Crippen molar-refractivity contribution in [1.82, 2.24) is 10.2 Å². The monoisotopic (exact) mass is 739 g/mol. The average Bonchev–Trinajstić information content (AvgIpc) is 3.53. The molecule has 0 aromatic heterocycles. The van der Waals surface area contributed by atoms with E-state index in [1.165, 1.54) is 107 Å². The van der Waals surface area contributed by atoms with Crippen LogP contribution in [-0.4, -0.2) is 61.2 Å². The third-order valence-corrected chi connectivity index (χ3v) is 16.6. The van der Waals surface area contributed by atoms with E-state index in [9.17, 15) is 14.3 Å². The van der Waals surface area contributed by atoms with Crippen molar-refractivity contribution in [2.45, 2.75) is 164 Å². The maximum absolute atomic E-state index is 13.9. The van der Waals surface area contributed by atoms with Gasteiger partial charge in [-0.25, -0.2) is 4.39 Å². The molecule has 0 saturated heterocycles. The van der Waals surface area contributed by atoms with Gasteiger partial charge in [0.05, 0.1) is 5.41 Å². The van der Waals surface area contributed by atoms with Gasteiger partial charge in [-0.3, -0.25) is 4.79 Å². The van der Waals surface area contributed by atoms with Crippen LogP contribution in [0.1, 0.15) is 159 Å². The van der Waals surface area contributed by atoms with Gasteiger partial charge in [0.1, 0.15) is 13.5 Å². The third kappa shape index (κ3) is 7.81. The predicted molar refractivity (Wildman–Crippen MR) is 220 cm³/mol. The average molecular weight is 739 g/mol. The van der Waals surface area contributed by atoms with Gasteiger partial charge in [0.2, 0.25) is 0 Å². The van der Waals surface area contributed by atoms with Crippen LogP contribution in [0.25, 0.3) is 0 Å². The van der Waals surface area contributed by atoms with Gasteiger partial charge in [-0.05, 0) is 173 Å². The fourth-order valence-corrected chi connectivity index (χ4v) is 14.0. The molecule has 6 heteroatoms. The summed E-state index contributed by atoms with van der Waals surface area (Å²) in [6, 6.07) is 0. The number of carbonyl (C=O) groups excluding carboxylic acids is 1. The second-order valence-corrected chi connectivity index (χ2v) is 20.0. The van der Waals surface area contributed by atoms with Crippen molar-refractivity contribution in [3.05, 3.63) is 35.5 Å². The molecule has 0 radical (unpaired) electrons. The quantitative estimate of drug-likeness (QED) is 0.207. The number of aliphatic carboxylic acids is 1. The first kappa shape index (κ1) is 43.9. The van der Waals surface area contributed by atoms with Gasteiger partial charge >= 0.3 is 5.97 Å². The molecule has 6 rings (SSSR count). The molecular formula is C47H79FN2O3. The van der Waals surface area contributed by atoms with Gasteiger partial charge in [-0.15, -0.1) is 6.58 Å². The fourth-order valence-electron chi connectivity index (χ4n) is 14.0. The zero-order valence-corrected chi connectivity index (χ0v) is 35.6. The summed E-state index contributed by atoms with van der Waals surface area (Å²) in [6.45, 7) is 31.3. The SMILES string of the molecule is C=C(C)C.C=O.CCCN(CCC)CCNC12CCC[C@@H]1C1CC[C@@H]3C4(C)CC=C(C5=CC[C@](CF)(C(=O)O)CC5)C(C)(C)C4CCC3(C)[C@]1(C)CC2. The van der Waals surface area contributed by atoms with Gasteiger partial charge in [-0.2, -0.15) is 0 Å². The van der Waals surface area contributed by atoms with Crippen molar-refractivity contribution >= 4 is 12.8 Å². The molecule has 0 spiro atoms. The number of nitrogens with one attached hydrogen (secondary N) is 1. The summed E-state index contributed by atoms with van der Waals surface area (Å²) in [6.07, 6.45) is 22.0. The Bertz CT molecular complexity index is 1350. The lowest BCUT2D eigenvalue weighted by Gasteiger charge is -2.72. The Morgan fingerprint density at radius 3 is 2.08 bits per heavy atom. The molecule has 0 amide bonds. The van der Waals surface area contributed by atoms with E-state index in [1.54, 1.807) is 0 Å². The number of carbonyl (C=O) groups is 2. The highest BCUT2D eigenvalue weighted by Crippen LogP contribution is 2.76. The molecule has 2 N–H and O–H groups in total. The van der Waals surface area contributed by atoms with E-state index < -0.39 is 18.1 Å². The molecule has 0 aliphatic heterocycles. The van der Waals surface area contributed by atoms with Crippen LogP contribution in [0.3, 0.4) is 0 Å². The Balaban J connectivity index is 0.000000980. The number of rotatable bonds is 11. The number of halogens is 1. The zero-order valence-electron chi connectivity index (χ0n) is 35.6. The summed E-state index contributed by atoms with van der Waals surface area (Å²) in [5, 5.41) is 14.1. The molecule has 5 nitrogen and oxygen atoms in total. The normalized spacial score (nSPS) is 39.7. The van der Waals surface area contributed by atoms with E-state index in [0.29, 0.717) is 41.5 Å². The second kappa shape index (κ2) is 17.1. The van der Waals surface area contributed by atoms with Gasteiger partial charge in [-0.1, -0.05) is 72.6 Å². The lowest BCUT2D eigenvalue weighted by atomic mass is 9.33. The van der Waals surface area contributed by atoms with Crippen LogP contribution in [0.4, 0.5) is 4.39 Å². The van der Waals surface area contributed by atoms with Crippen LogP contribution in [-0.2, 0) is 9.59 Å². The number of fused-ring (bicyclic) bond motifs is 7. The summed E-state index contributed by atoms with van der Waals surface area (Å²) in [4.78, 5) is 22.6. The number of hydrogen-bond acceptors (Lipinski definition) is 4. The molecule has 0 aromatic carbocycles. The Kier molecular flexibility index (Phi) is 14.2. The topological polar surface area (TPSA) is 69.6 Å². The summed E-state index contributed by atoms with van der Waals surface area (Å²) in [7, 11) is 0. The minimum Gasteiger partial charge on any atom is -0.481 e. The van der Waals surface area contributed by atoms with Crippen molar-refractivity contribution in [3.8, 4) is 0 Å². The van der Waals surface area contributed by atoms with Gasteiger partial charge in [0.25, 0.3) is 0 Å². The third-order valence-electron chi connectivity index (χ3n) is 16.6. The first-order valence-electron chi connectivity index (χ1n) is 21.6. The number of hydrogen-bond donors (Lipinski definition) is 2. The molecular weight excluding hydrogens is 660 g/mol. The van der Waals surface area contributed by atoms with E-state index in [-0.39, 0.29) is 10.8 Å². The Morgan fingerprint density at radius 2 is 1.51 bits per heavy atom. The highest BCUT2D eigenvalue weighted by Gasteiger charge is 2.69. The van der Waals surface area contributed by atoms with E-state index in [2.05, 4.69) is 77.4 Å². The number of alkyl halides is 1. The van der Waals surface area contributed by atoms with E-state index in [1.807, 2.05) is 20.6 Å². The summed E-state index contributed by atoms with van der Waals surface area (Å²) >= 11 is 0. The van der Waals surface area contributed by atoms with E-state index in [0.717, 1.165) is 30.7 Å². The molecule has 302 valence electrons. The highest BCUT2D eigenvalue weighted by molar-refractivity contribution is 5.75. The minimum absolute atomic E-state index is 0.0391. The second-order valence-electron chi connectivity index (χ2n) is 20.0. The number of allylic oxidation sites excluding steroid dienone is 5. The van der Waals surface area contributed by atoms with Crippen molar-refractivity contribution in [2.75, 3.05) is 32.9 Å². The van der Waals surface area contributed by atoms with Crippen LogP contribution < -0.4 is 5.32 Å². The molecule has 9 atom stereocenters. The highest BCUT2D eigenvalue weighted by atomic mass is 19.1. The maximum atomic E-state index is 13.9. The lowest BCUT2D eigenvalue weighted by Crippen LogP contribution is -2.67. The van der Waals surface area contributed by atoms with E-state index >= 15 is 0 Å². The maximum Gasteiger partial charge on any atom is 0.312 e. The summed E-state index contributed by atoms with van der Waals surface area (Å²) in [5.41, 5.74) is 4.12. The van der Waals surface area contributed by atoms with Crippen molar-refractivity contribution in [1.29, 1.82) is 0 Å². The summed E-state index contributed by atoms with van der Waals surface area (Å²) in [5.74, 6) is 2.03. The standard InChI is InChI=1S/C42H69FN2O2.C4H8.CH2O/c1-8-26-45(27-9-2)28-25-44-42-18-10-11-33(42)32-12-13-35-38(5)19-16-31(30-14-21-41(29-43,22-15-30)36(46)47)37(3,4)34(38)17-20-40(35,7)39(32,6)23-24-42;1-4(2)3;1-2/h14,16,32-35,44H,8-13,15,17-29H2,1-7H3,(H,46,47);1H2,2-3H3;1H2/t32?,33-,34?,35-,38?,39-,40?,41+,42?;;/m1../s1. The van der Waals surface area contributed by atoms with Crippen LogP contribution in [0, 0.1) is 50.7 Å². The van der Waals surface area contributed by atoms with E-state index in [4.69, 9.17) is 4.79 Å².